The van der Waals surface area contributed by atoms with Crippen LogP contribution >= 0.6 is 0 Å². The molecule has 0 aromatic heterocycles. The minimum atomic E-state index is -0.767. The summed E-state index contributed by atoms with van der Waals surface area (Å²) >= 11 is 0. The molecule has 1 unspecified atom stereocenters. The van der Waals surface area contributed by atoms with Gasteiger partial charge in [-0.05, 0) is 40.2 Å². The average molecular weight is 256 g/mol. The van der Waals surface area contributed by atoms with E-state index in [4.69, 9.17) is 0 Å². The molecule has 0 bridgehead atoms. The number of likely N-dealkylation sites (N-methyl/N-ethyl adjacent to an activating group) is 1. The van der Waals surface area contributed by atoms with Crippen LogP contribution in [-0.2, 0) is 9.59 Å². The Morgan fingerprint density at radius 2 is 2.06 bits per heavy atom. The number of amides is 1. The highest BCUT2D eigenvalue weighted by Crippen LogP contribution is 2.29. The van der Waals surface area contributed by atoms with E-state index in [1.165, 1.54) is 0 Å². The molecular formula is C13H24N2O3. The number of carbonyl (C=O) groups excluding carboxylic acids is 1. The van der Waals surface area contributed by atoms with Crippen molar-refractivity contribution >= 4 is 11.9 Å². The summed E-state index contributed by atoms with van der Waals surface area (Å²) in [4.78, 5) is 26.9. The zero-order valence-corrected chi connectivity index (χ0v) is 11.8. The highest BCUT2D eigenvalue weighted by atomic mass is 16.4. The van der Waals surface area contributed by atoms with Crippen LogP contribution in [0.3, 0.4) is 0 Å². The molecule has 0 radical (unpaired) electrons. The van der Waals surface area contributed by atoms with Crippen molar-refractivity contribution in [1.29, 1.82) is 0 Å². The van der Waals surface area contributed by atoms with Crippen LogP contribution in [0.25, 0.3) is 0 Å². The van der Waals surface area contributed by atoms with Crippen LogP contribution in [0.4, 0.5) is 0 Å². The van der Waals surface area contributed by atoms with Crippen LogP contribution in [0.5, 0.6) is 0 Å². The van der Waals surface area contributed by atoms with Gasteiger partial charge < -0.3 is 10.0 Å². The molecule has 1 heterocycles. The van der Waals surface area contributed by atoms with Crippen LogP contribution in [-0.4, -0.2) is 59.5 Å². The molecule has 18 heavy (non-hydrogen) atoms. The number of aliphatic carboxylic acids is 1. The molecular weight excluding hydrogens is 232 g/mol. The Morgan fingerprint density at radius 1 is 1.44 bits per heavy atom. The topological polar surface area (TPSA) is 60.9 Å². The molecule has 1 amide bonds. The van der Waals surface area contributed by atoms with Crippen LogP contribution in [0.2, 0.25) is 0 Å². The van der Waals surface area contributed by atoms with E-state index in [-0.39, 0.29) is 11.9 Å². The predicted molar refractivity (Wildman–Crippen MR) is 69.3 cm³/mol. The highest BCUT2D eigenvalue weighted by Gasteiger charge is 2.38. The van der Waals surface area contributed by atoms with Gasteiger partial charge >= 0.3 is 5.97 Å². The van der Waals surface area contributed by atoms with Crippen LogP contribution in [0.15, 0.2) is 0 Å². The normalized spacial score (nSPS) is 25.2. The molecule has 1 saturated heterocycles. The zero-order chi connectivity index (χ0) is 13.9. The van der Waals surface area contributed by atoms with Crippen LogP contribution in [0.1, 0.15) is 33.6 Å². The van der Waals surface area contributed by atoms with E-state index in [0.717, 1.165) is 13.0 Å². The molecule has 5 nitrogen and oxygen atoms in total. The second-order valence-corrected chi connectivity index (χ2v) is 5.78. The Bertz CT molecular complexity index is 330. The lowest BCUT2D eigenvalue weighted by Crippen LogP contribution is -2.50. The smallest absolute Gasteiger partial charge is 0.310 e. The molecule has 0 aromatic rings. The maximum absolute atomic E-state index is 12.0. The third kappa shape index (κ3) is 3.45. The number of carboxylic acid groups (broad SMARTS) is 1. The van der Waals surface area contributed by atoms with E-state index in [1.54, 1.807) is 18.9 Å². The van der Waals surface area contributed by atoms with Crippen molar-refractivity contribution in [1.82, 2.24) is 9.80 Å². The van der Waals surface area contributed by atoms with Crippen molar-refractivity contribution in [3.8, 4) is 0 Å². The van der Waals surface area contributed by atoms with Gasteiger partial charge in [-0.1, -0.05) is 0 Å². The molecule has 0 aliphatic carbocycles. The molecule has 1 atom stereocenters. The molecule has 0 aromatic carbocycles. The first kappa shape index (κ1) is 15.0. The van der Waals surface area contributed by atoms with Crippen molar-refractivity contribution in [3.63, 3.8) is 0 Å². The lowest BCUT2D eigenvalue weighted by molar-refractivity contribution is -0.152. The summed E-state index contributed by atoms with van der Waals surface area (Å²) in [6.07, 6.45) is 1.52. The van der Waals surface area contributed by atoms with E-state index in [9.17, 15) is 14.7 Å². The number of hydrogen-bond acceptors (Lipinski definition) is 3. The Hall–Kier alpha value is -1.10. The summed E-state index contributed by atoms with van der Waals surface area (Å²) in [7, 11) is 1.79. The molecule has 0 saturated carbocycles. The fourth-order valence-corrected chi connectivity index (χ4v) is 2.24. The second kappa shape index (κ2) is 5.69. The van der Waals surface area contributed by atoms with Gasteiger partial charge in [0.25, 0.3) is 0 Å². The minimum absolute atomic E-state index is 0.0552. The Morgan fingerprint density at radius 3 is 2.56 bits per heavy atom. The van der Waals surface area contributed by atoms with Crippen LogP contribution in [0, 0.1) is 5.41 Å². The van der Waals surface area contributed by atoms with Gasteiger partial charge in [-0.25, -0.2) is 0 Å². The van der Waals surface area contributed by atoms with Gasteiger partial charge in [0, 0.05) is 19.6 Å². The fraction of sp³-hybridized carbons (Fsp3) is 0.846. The molecule has 0 spiro atoms. The van der Waals surface area contributed by atoms with E-state index in [2.05, 4.69) is 0 Å². The molecule has 1 aliphatic heterocycles. The van der Waals surface area contributed by atoms with Crippen molar-refractivity contribution in [2.24, 2.45) is 5.41 Å². The molecule has 1 fully saturated rings. The highest BCUT2D eigenvalue weighted by molar-refractivity contribution is 5.78. The summed E-state index contributed by atoms with van der Waals surface area (Å²) in [5.41, 5.74) is -0.713. The number of likely N-dealkylation sites (tertiary alicyclic amines) is 1. The van der Waals surface area contributed by atoms with E-state index in [1.807, 2.05) is 18.7 Å². The van der Waals surface area contributed by atoms with Gasteiger partial charge in [-0.2, -0.15) is 0 Å². The third-order valence-corrected chi connectivity index (χ3v) is 3.82. The van der Waals surface area contributed by atoms with Gasteiger partial charge in [-0.15, -0.1) is 0 Å². The molecule has 5 heteroatoms. The summed E-state index contributed by atoms with van der Waals surface area (Å²) in [5.74, 6) is -0.712. The first-order chi connectivity index (χ1) is 8.26. The fourth-order valence-electron chi connectivity index (χ4n) is 2.24. The Labute approximate surface area is 109 Å². The molecule has 104 valence electrons. The number of piperidine rings is 1. The number of carbonyl (C=O) groups is 2. The second-order valence-electron chi connectivity index (χ2n) is 5.78. The monoisotopic (exact) mass is 256 g/mol. The van der Waals surface area contributed by atoms with Gasteiger partial charge in [0.15, 0.2) is 0 Å². The summed E-state index contributed by atoms with van der Waals surface area (Å²) in [6.45, 7) is 7.28. The van der Waals surface area contributed by atoms with Crippen molar-refractivity contribution < 1.29 is 14.7 Å². The summed E-state index contributed by atoms with van der Waals surface area (Å²) in [6, 6.07) is 0.174. The average Bonchev–Trinajstić information content (AvgIpc) is 2.27. The number of hydrogen-bond donors (Lipinski definition) is 1. The molecule has 1 rings (SSSR count). The Balaban J connectivity index is 2.58. The van der Waals surface area contributed by atoms with Crippen molar-refractivity contribution in [2.75, 3.05) is 26.7 Å². The van der Waals surface area contributed by atoms with Crippen molar-refractivity contribution in [3.05, 3.63) is 0 Å². The first-order valence-corrected chi connectivity index (χ1v) is 6.47. The number of rotatable bonds is 4. The summed E-state index contributed by atoms with van der Waals surface area (Å²) in [5, 5.41) is 9.22. The summed E-state index contributed by atoms with van der Waals surface area (Å²) < 4.78 is 0. The first-order valence-electron chi connectivity index (χ1n) is 6.47. The lowest BCUT2D eigenvalue weighted by Gasteiger charge is -2.38. The largest absolute Gasteiger partial charge is 0.481 e. The predicted octanol–water partition coefficient (Wildman–Crippen LogP) is 1.04. The Kier molecular flexibility index (Phi) is 4.73. The lowest BCUT2D eigenvalue weighted by atomic mass is 9.82. The number of carboxylic acids is 1. The quantitative estimate of drug-likeness (QED) is 0.816. The van der Waals surface area contributed by atoms with Gasteiger partial charge in [0.05, 0.1) is 12.0 Å². The number of nitrogens with zero attached hydrogens (tertiary/aromatic N) is 2. The standard InChI is InChI=1S/C13H24N2O3/c1-10(2)14(4)11(16)8-15-7-5-6-13(3,9-15)12(17)18/h10H,5-9H2,1-4H3,(H,17,18). The minimum Gasteiger partial charge on any atom is -0.481 e. The third-order valence-electron chi connectivity index (χ3n) is 3.82. The van der Waals surface area contributed by atoms with Crippen molar-refractivity contribution in [2.45, 2.75) is 39.7 Å². The van der Waals surface area contributed by atoms with Gasteiger partial charge in [0.1, 0.15) is 0 Å². The van der Waals surface area contributed by atoms with Gasteiger partial charge in [-0.3, -0.25) is 14.5 Å². The van der Waals surface area contributed by atoms with E-state index in [0.29, 0.717) is 19.5 Å². The van der Waals surface area contributed by atoms with E-state index < -0.39 is 11.4 Å². The molecule has 1 N–H and O–H groups in total. The molecule has 1 aliphatic rings. The maximum Gasteiger partial charge on any atom is 0.310 e. The van der Waals surface area contributed by atoms with Crippen LogP contribution < -0.4 is 0 Å². The zero-order valence-electron chi connectivity index (χ0n) is 11.8. The SMILES string of the molecule is CC(C)N(C)C(=O)CN1CCCC(C)(C(=O)O)C1. The van der Waals surface area contributed by atoms with Gasteiger partial charge in [0.2, 0.25) is 5.91 Å². The van der Waals surface area contributed by atoms with E-state index >= 15 is 0 Å². The maximum atomic E-state index is 12.0.